The number of primary amides is 1. The highest BCUT2D eigenvalue weighted by Crippen LogP contribution is 2.39. The van der Waals surface area contributed by atoms with Gasteiger partial charge in [0.1, 0.15) is 0 Å². The number of hydrogen-bond donors (Lipinski definition) is 1. The van der Waals surface area contributed by atoms with Crippen LogP contribution >= 0.6 is 0 Å². The zero-order chi connectivity index (χ0) is 13.2. The number of amides is 1. The fraction of sp³-hybridized carbons (Fsp3) is 0.909. The highest BCUT2D eigenvalue weighted by atomic mass is 28.4. The molecule has 0 rings (SSSR count). The van der Waals surface area contributed by atoms with Crippen LogP contribution in [0, 0.1) is 0 Å². The largest absolute Gasteiger partial charge is 0.401 e. The second kappa shape index (κ2) is 4.85. The summed E-state index contributed by atoms with van der Waals surface area (Å²) in [6.45, 7) is 12.4. The van der Waals surface area contributed by atoms with E-state index in [1.165, 1.54) is 7.11 Å². The molecule has 0 aliphatic rings. The summed E-state index contributed by atoms with van der Waals surface area (Å²) in [5, 5.41) is 0.0391. The molecule has 96 valence electrons. The van der Waals surface area contributed by atoms with Crippen molar-refractivity contribution in [2.45, 2.75) is 51.4 Å². The number of hydrogen-bond acceptors (Lipinski definition) is 3. The van der Waals surface area contributed by atoms with Crippen LogP contribution in [0.25, 0.3) is 0 Å². The first-order valence-electron chi connectivity index (χ1n) is 5.45. The molecule has 0 aliphatic heterocycles. The molecule has 0 spiro atoms. The van der Waals surface area contributed by atoms with Crippen molar-refractivity contribution in [2.24, 2.45) is 5.73 Å². The lowest BCUT2D eigenvalue weighted by atomic mass is 10.1. The summed E-state index contributed by atoms with van der Waals surface area (Å²) in [5.74, 6) is -0.473. The molecule has 0 aromatic heterocycles. The van der Waals surface area contributed by atoms with Crippen LogP contribution in [0.5, 0.6) is 0 Å². The molecule has 0 bridgehead atoms. The molecule has 0 saturated heterocycles. The molecule has 5 heteroatoms. The maximum atomic E-state index is 11.5. The second-order valence-corrected chi connectivity index (χ2v) is 10.6. The summed E-state index contributed by atoms with van der Waals surface area (Å²) in [6, 6.07) is 0. The van der Waals surface area contributed by atoms with E-state index in [0.717, 1.165) is 0 Å². The van der Waals surface area contributed by atoms with Gasteiger partial charge in [0, 0.05) is 7.11 Å². The topological polar surface area (TPSA) is 61.6 Å². The van der Waals surface area contributed by atoms with E-state index in [1.807, 2.05) is 0 Å². The van der Waals surface area contributed by atoms with Crippen LogP contribution in [0.3, 0.4) is 0 Å². The van der Waals surface area contributed by atoms with Gasteiger partial charge in [0.2, 0.25) is 0 Å². The third kappa shape index (κ3) is 3.57. The summed E-state index contributed by atoms with van der Waals surface area (Å²) in [7, 11) is -0.483. The van der Waals surface area contributed by atoms with Crippen LogP contribution in [-0.4, -0.2) is 33.5 Å². The molecule has 0 fully saturated rings. The van der Waals surface area contributed by atoms with E-state index < -0.39 is 19.8 Å². The summed E-state index contributed by atoms with van der Waals surface area (Å²) < 4.78 is 11.1. The third-order valence-corrected chi connectivity index (χ3v) is 7.80. The molecule has 4 nitrogen and oxygen atoms in total. The van der Waals surface area contributed by atoms with Crippen molar-refractivity contribution >= 4 is 14.2 Å². The third-order valence-electron chi connectivity index (χ3n) is 3.23. The first-order valence-corrected chi connectivity index (χ1v) is 8.36. The Hall–Kier alpha value is -0.393. The van der Waals surface area contributed by atoms with Gasteiger partial charge in [-0.3, -0.25) is 4.79 Å². The zero-order valence-electron chi connectivity index (χ0n) is 11.5. The van der Waals surface area contributed by atoms with Gasteiger partial charge in [-0.15, -0.1) is 0 Å². The lowest BCUT2D eigenvalue weighted by Gasteiger charge is -2.42. The van der Waals surface area contributed by atoms with Crippen molar-refractivity contribution in [3.05, 3.63) is 0 Å². The van der Waals surface area contributed by atoms with Crippen molar-refractivity contribution in [3.63, 3.8) is 0 Å². The Morgan fingerprint density at radius 3 is 1.94 bits per heavy atom. The Balaban J connectivity index is 4.97. The fourth-order valence-electron chi connectivity index (χ4n) is 1.14. The minimum Gasteiger partial charge on any atom is -0.401 e. The maximum absolute atomic E-state index is 11.5. The van der Waals surface area contributed by atoms with E-state index in [-0.39, 0.29) is 11.6 Å². The van der Waals surface area contributed by atoms with Gasteiger partial charge in [-0.25, -0.2) is 0 Å². The molecule has 0 heterocycles. The van der Waals surface area contributed by atoms with E-state index in [1.54, 1.807) is 6.92 Å². The van der Waals surface area contributed by atoms with Crippen LogP contribution in [0.15, 0.2) is 0 Å². The first kappa shape index (κ1) is 15.6. The molecule has 0 radical (unpaired) electrons. The van der Waals surface area contributed by atoms with E-state index in [2.05, 4.69) is 33.9 Å². The standard InChI is InChI=1S/C11H25NO3Si/c1-10(2,3)16(6,7)15-11(4,8-14-5)9(12)13/h8H2,1-7H3,(H2,12,13)/t11-/m0/s1. The Kier molecular flexibility index (Phi) is 4.73. The number of carbonyl (C=O) groups excluding carboxylic acids is 1. The molecule has 0 aliphatic carbocycles. The molecule has 0 saturated carbocycles. The van der Waals surface area contributed by atoms with Gasteiger partial charge in [0.05, 0.1) is 6.61 Å². The average Bonchev–Trinajstić information content (AvgIpc) is 2.00. The Morgan fingerprint density at radius 2 is 1.69 bits per heavy atom. The Morgan fingerprint density at radius 1 is 1.25 bits per heavy atom. The highest BCUT2D eigenvalue weighted by molar-refractivity contribution is 6.74. The van der Waals surface area contributed by atoms with Crippen LogP contribution in [0.2, 0.25) is 18.1 Å². The van der Waals surface area contributed by atoms with Crippen LogP contribution in [0.1, 0.15) is 27.7 Å². The fourth-order valence-corrected chi connectivity index (χ4v) is 2.73. The summed E-state index contributed by atoms with van der Waals surface area (Å²) >= 11 is 0. The predicted octanol–water partition coefficient (Wildman–Crippen LogP) is 1.90. The molecule has 0 aromatic carbocycles. The van der Waals surface area contributed by atoms with Gasteiger partial charge >= 0.3 is 0 Å². The van der Waals surface area contributed by atoms with Crippen molar-refractivity contribution in [3.8, 4) is 0 Å². The number of carbonyl (C=O) groups is 1. The number of rotatable bonds is 5. The van der Waals surface area contributed by atoms with E-state index >= 15 is 0 Å². The molecule has 1 atom stereocenters. The predicted molar refractivity (Wildman–Crippen MR) is 67.8 cm³/mol. The van der Waals surface area contributed by atoms with Crippen LogP contribution in [-0.2, 0) is 14.0 Å². The average molecular weight is 247 g/mol. The van der Waals surface area contributed by atoms with Gasteiger partial charge in [-0.2, -0.15) is 0 Å². The summed E-state index contributed by atoms with van der Waals surface area (Å²) in [4.78, 5) is 11.5. The van der Waals surface area contributed by atoms with Crippen molar-refractivity contribution in [2.75, 3.05) is 13.7 Å². The minimum absolute atomic E-state index is 0.0391. The first-order chi connectivity index (χ1) is 6.96. The molecule has 1 amide bonds. The number of methoxy groups -OCH3 is 1. The second-order valence-electron chi connectivity index (χ2n) is 5.89. The molecule has 0 aromatic rings. The van der Waals surface area contributed by atoms with Crippen LogP contribution in [0.4, 0.5) is 0 Å². The van der Waals surface area contributed by atoms with Gasteiger partial charge in [-0.05, 0) is 25.1 Å². The quantitative estimate of drug-likeness (QED) is 0.755. The molecular formula is C11H25NO3Si. The normalized spacial score (nSPS) is 16.9. The SMILES string of the molecule is COC[C@](C)(O[Si](C)(C)C(C)(C)C)C(N)=O. The monoisotopic (exact) mass is 247 g/mol. The molecular weight excluding hydrogens is 222 g/mol. The molecule has 16 heavy (non-hydrogen) atoms. The maximum Gasteiger partial charge on any atom is 0.250 e. The van der Waals surface area contributed by atoms with Gasteiger partial charge in [0.15, 0.2) is 13.9 Å². The molecule has 2 N–H and O–H groups in total. The smallest absolute Gasteiger partial charge is 0.250 e. The van der Waals surface area contributed by atoms with Crippen LogP contribution < -0.4 is 5.73 Å². The van der Waals surface area contributed by atoms with E-state index in [9.17, 15) is 4.79 Å². The van der Waals surface area contributed by atoms with Crippen molar-refractivity contribution in [1.82, 2.24) is 0 Å². The van der Waals surface area contributed by atoms with E-state index in [0.29, 0.717) is 0 Å². The lowest BCUT2D eigenvalue weighted by Crippen LogP contribution is -2.56. The highest BCUT2D eigenvalue weighted by Gasteiger charge is 2.45. The van der Waals surface area contributed by atoms with E-state index in [4.69, 9.17) is 14.9 Å². The van der Waals surface area contributed by atoms with Crippen molar-refractivity contribution < 1.29 is 14.0 Å². The number of ether oxygens (including phenoxy) is 1. The zero-order valence-corrected chi connectivity index (χ0v) is 12.5. The summed E-state index contributed by atoms with van der Waals surface area (Å²) in [5.41, 5.74) is 4.36. The summed E-state index contributed by atoms with van der Waals surface area (Å²) in [6.07, 6.45) is 0. The van der Waals surface area contributed by atoms with Gasteiger partial charge < -0.3 is 14.9 Å². The van der Waals surface area contributed by atoms with Gasteiger partial charge in [0.25, 0.3) is 5.91 Å². The van der Waals surface area contributed by atoms with Gasteiger partial charge in [-0.1, -0.05) is 20.8 Å². The Bertz CT molecular complexity index is 260. The lowest BCUT2D eigenvalue weighted by molar-refractivity contribution is -0.137. The van der Waals surface area contributed by atoms with Crippen molar-refractivity contribution in [1.29, 1.82) is 0 Å². The minimum atomic E-state index is -2.02. The number of nitrogens with two attached hydrogens (primary N) is 1. The molecule has 0 unspecified atom stereocenters. The Labute approximate surface area is 99.6 Å².